The Kier molecular flexibility index (Phi) is 14.5. The lowest BCUT2D eigenvalue weighted by molar-refractivity contribution is -0.327. The summed E-state index contributed by atoms with van der Waals surface area (Å²) in [6.07, 6.45) is -12.1. The minimum absolute atomic E-state index is 0.0918. The summed E-state index contributed by atoms with van der Waals surface area (Å²) in [4.78, 5) is 98.7. The molecule has 2 aliphatic rings. The van der Waals surface area contributed by atoms with Crippen LogP contribution in [0.25, 0.3) is 11.0 Å². The van der Waals surface area contributed by atoms with Crippen molar-refractivity contribution in [1.29, 1.82) is 0 Å². The molecule has 2 amide bonds. The smallest absolute Gasteiger partial charge is 0.336 e. The molecule has 56 heavy (non-hydrogen) atoms. The minimum atomic E-state index is -1.70. The van der Waals surface area contributed by atoms with E-state index in [2.05, 4.69) is 10.6 Å². The topological polar surface area (TPSA) is 257 Å². The number of nitrogens with one attached hydrogen (secondary N) is 2. The molecule has 3 heterocycles. The maximum Gasteiger partial charge on any atom is 0.336 e. The van der Waals surface area contributed by atoms with Crippen molar-refractivity contribution in [1.82, 2.24) is 10.6 Å². The van der Waals surface area contributed by atoms with Gasteiger partial charge in [-0.25, -0.2) is 4.79 Å². The SMILES string of the molecule is CC(=O)NC1C(OC2C(COC(C)=O)OC(Oc3ccc4c(C)cc(=O)oc4c3)C(NC(C)=O)C2OC(C)=O)OC(COC(C)=O)C(OC(C)=O)C1OC(C)=O. The van der Waals surface area contributed by atoms with Gasteiger partial charge in [0.05, 0.1) is 0 Å². The van der Waals surface area contributed by atoms with Crippen LogP contribution in [0.15, 0.2) is 33.5 Å². The number of benzene rings is 1. The van der Waals surface area contributed by atoms with Gasteiger partial charge in [0.1, 0.15) is 54.9 Å². The van der Waals surface area contributed by atoms with Gasteiger partial charge in [-0.1, -0.05) is 0 Å². The number of esters is 5. The van der Waals surface area contributed by atoms with Crippen LogP contribution in [0, 0.1) is 6.92 Å². The van der Waals surface area contributed by atoms with Gasteiger partial charge in [0.25, 0.3) is 0 Å². The van der Waals surface area contributed by atoms with Gasteiger partial charge in [0, 0.05) is 66.0 Å². The third-order valence-corrected chi connectivity index (χ3v) is 8.31. The molecule has 2 fully saturated rings. The second-order valence-corrected chi connectivity index (χ2v) is 13.0. The Morgan fingerprint density at radius 3 is 1.62 bits per heavy atom. The van der Waals surface area contributed by atoms with E-state index in [-0.39, 0.29) is 11.3 Å². The first kappa shape index (κ1) is 43.1. The second kappa shape index (κ2) is 18.8. The monoisotopic (exact) mass is 792 g/mol. The van der Waals surface area contributed by atoms with E-state index >= 15 is 0 Å². The van der Waals surface area contributed by atoms with Crippen LogP contribution in [0.4, 0.5) is 0 Å². The van der Waals surface area contributed by atoms with Crippen LogP contribution in [-0.2, 0) is 71.5 Å². The van der Waals surface area contributed by atoms with Crippen molar-refractivity contribution < 1.29 is 80.6 Å². The molecular formula is C36H44N2O18. The van der Waals surface area contributed by atoms with Gasteiger partial charge >= 0.3 is 35.5 Å². The predicted molar refractivity (Wildman–Crippen MR) is 185 cm³/mol. The summed E-state index contributed by atoms with van der Waals surface area (Å²) < 4.78 is 57.6. The van der Waals surface area contributed by atoms with E-state index in [0.717, 1.165) is 41.5 Å². The molecule has 2 aliphatic heterocycles. The highest BCUT2D eigenvalue weighted by Crippen LogP contribution is 2.35. The summed E-state index contributed by atoms with van der Waals surface area (Å²) in [6.45, 7) is 8.35. The molecular weight excluding hydrogens is 748 g/mol. The molecule has 2 N–H and O–H groups in total. The number of ether oxygens (including phenoxy) is 9. The first-order valence-electron chi connectivity index (χ1n) is 17.3. The van der Waals surface area contributed by atoms with Crippen LogP contribution in [-0.4, -0.2) is 116 Å². The number of fused-ring (bicyclic) bond motifs is 1. The zero-order valence-corrected chi connectivity index (χ0v) is 31.8. The quantitative estimate of drug-likeness (QED) is 0.156. The van der Waals surface area contributed by atoms with Gasteiger partial charge in [-0.3, -0.25) is 33.6 Å². The van der Waals surface area contributed by atoms with Crippen LogP contribution < -0.4 is 21.0 Å². The zero-order valence-electron chi connectivity index (χ0n) is 31.8. The molecule has 0 bridgehead atoms. The van der Waals surface area contributed by atoms with Gasteiger partial charge in [0.15, 0.2) is 24.6 Å². The lowest BCUT2D eigenvalue weighted by atomic mass is 9.94. The Morgan fingerprint density at radius 1 is 0.625 bits per heavy atom. The van der Waals surface area contributed by atoms with E-state index in [1.165, 1.54) is 19.1 Å². The second-order valence-electron chi connectivity index (χ2n) is 13.0. The number of aryl methyl sites for hydroxylation is 1. The number of carbonyl (C=O) groups is 7. The molecule has 2 saturated heterocycles. The number of rotatable bonds is 13. The maximum absolute atomic E-state index is 12.7. The molecule has 0 aliphatic carbocycles. The number of amides is 2. The van der Waals surface area contributed by atoms with Gasteiger partial charge in [-0.05, 0) is 24.6 Å². The third-order valence-electron chi connectivity index (χ3n) is 8.31. The van der Waals surface area contributed by atoms with E-state index in [1.54, 1.807) is 19.1 Å². The van der Waals surface area contributed by atoms with Gasteiger partial charge in [0.2, 0.25) is 18.1 Å². The summed E-state index contributed by atoms with van der Waals surface area (Å²) in [6, 6.07) is 3.05. The van der Waals surface area contributed by atoms with Crippen molar-refractivity contribution in [2.75, 3.05) is 13.2 Å². The Hall–Kier alpha value is -5.60. The van der Waals surface area contributed by atoms with Gasteiger partial charge in [-0.2, -0.15) is 0 Å². The molecule has 0 radical (unpaired) electrons. The fourth-order valence-electron chi connectivity index (χ4n) is 6.30. The molecule has 0 spiro atoms. The summed E-state index contributed by atoms with van der Waals surface area (Å²) >= 11 is 0. The Bertz CT molecular complexity index is 1880. The lowest BCUT2D eigenvalue weighted by Gasteiger charge is -2.49. The summed E-state index contributed by atoms with van der Waals surface area (Å²) in [5.74, 6) is -5.28. The summed E-state index contributed by atoms with van der Waals surface area (Å²) in [7, 11) is 0. The van der Waals surface area contributed by atoms with Crippen LogP contribution in [0.5, 0.6) is 5.75 Å². The highest BCUT2D eigenvalue weighted by atomic mass is 16.7. The van der Waals surface area contributed by atoms with Crippen LogP contribution in [0.3, 0.4) is 0 Å². The minimum Gasteiger partial charge on any atom is -0.463 e. The van der Waals surface area contributed by atoms with E-state index in [1.807, 2.05) is 0 Å². The van der Waals surface area contributed by atoms with Crippen molar-refractivity contribution >= 4 is 52.6 Å². The first-order valence-corrected chi connectivity index (χ1v) is 17.3. The zero-order chi connectivity index (χ0) is 41.4. The largest absolute Gasteiger partial charge is 0.463 e. The standard InChI is InChI=1S/C36H44N2O18/c1-15-11-28(46)53-25-12-23(9-10-24(15)25)52-35-29(37-16(2)39)34(51-22(8)45)32(27(54-35)14-48-19(5)42)56-36-30(38-17(3)40)33(50-21(7)44)31(49-20(6)43)26(55-36)13-47-18(4)41/h9-12,26-27,29-36H,13-14H2,1-8H3,(H,37,39)(H,38,40). The summed E-state index contributed by atoms with van der Waals surface area (Å²) in [5, 5.41) is 5.82. The molecule has 20 heteroatoms. The van der Waals surface area contributed by atoms with Crippen molar-refractivity contribution in [2.45, 2.75) is 117 Å². The Labute approximate surface area is 319 Å². The average Bonchev–Trinajstić information content (AvgIpc) is 3.06. The van der Waals surface area contributed by atoms with E-state index in [4.69, 9.17) is 47.0 Å². The van der Waals surface area contributed by atoms with Crippen molar-refractivity contribution in [3.8, 4) is 5.75 Å². The van der Waals surface area contributed by atoms with Crippen molar-refractivity contribution in [3.05, 3.63) is 40.2 Å². The normalized spacial score (nSPS) is 27.2. The summed E-state index contributed by atoms with van der Waals surface area (Å²) in [5.41, 5.74) is 0.197. The molecule has 306 valence electrons. The molecule has 10 unspecified atom stereocenters. The molecule has 0 saturated carbocycles. The fourth-order valence-corrected chi connectivity index (χ4v) is 6.30. The molecule has 1 aromatic heterocycles. The lowest BCUT2D eigenvalue weighted by Crippen LogP contribution is -2.71. The van der Waals surface area contributed by atoms with Crippen molar-refractivity contribution in [3.63, 3.8) is 0 Å². The van der Waals surface area contributed by atoms with Crippen LogP contribution in [0.2, 0.25) is 0 Å². The predicted octanol–water partition coefficient (Wildman–Crippen LogP) is 0.246. The van der Waals surface area contributed by atoms with E-state index in [9.17, 15) is 38.4 Å². The van der Waals surface area contributed by atoms with Crippen molar-refractivity contribution in [2.24, 2.45) is 0 Å². The number of hydrogen-bond donors (Lipinski definition) is 2. The third kappa shape index (κ3) is 11.5. The Morgan fingerprint density at radius 2 is 1.11 bits per heavy atom. The first-order chi connectivity index (χ1) is 26.3. The highest BCUT2D eigenvalue weighted by Gasteiger charge is 2.56. The molecule has 4 rings (SSSR count). The van der Waals surface area contributed by atoms with E-state index < -0.39 is 122 Å². The van der Waals surface area contributed by atoms with Crippen LogP contribution in [0.1, 0.15) is 54.0 Å². The molecule has 1 aromatic carbocycles. The molecule has 10 atom stereocenters. The van der Waals surface area contributed by atoms with Gasteiger partial charge in [-0.15, -0.1) is 0 Å². The maximum atomic E-state index is 12.7. The fraction of sp³-hybridized carbons (Fsp3) is 0.556. The number of hydrogen-bond acceptors (Lipinski definition) is 18. The highest BCUT2D eigenvalue weighted by molar-refractivity contribution is 5.81. The molecule has 20 nitrogen and oxygen atoms in total. The Balaban J connectivity index is 1.83. The van der Waals surface area contributed by atoms with Gasteiger partial charge < -0.3 is 57.7 Å². The van der Waals surface area contributed by atoms with E-state index in [0.29, 0.717) is 10.9 Å². The molecule has 2 aromatic rings. The van der Waals surface area contributed by atoms with Crippen LogP contribution >= 0.6 is 0 Å². The average molecular weight is 793 g/mol. The number of carbonyl (C=O) groups excluding carboxylic acids is 7.